The molecule has 2 saturated carbocycles. The molecule has 5 nitrogen and oxygen atoms in total. The molecule has 186 valence electrons. The highest BCUT2D eigenvalue weighted by molar-refractivity contribution is 5.93. The van der Waals surface area contributed by atoms with Crippen molar-refractivity contribution in [3.05, 3.63) is 52.6 Å². The van der Waals surface area contributed by atoms with E-state index in [1.807, 2.05) is 32.0 Å². The second-order valence-electron chi connectivity index (χ2n) is 11.3. The minimum atomic E-state index is -2.93. The summed E-state index contributed by atoms with van der Waals surface area (Å²) in [5.41, 5.74) is 3.84. The number of Topliss-reactive ketones (excluding diaryl/α,β-unsaturated/α-hetero) is 1. The molecule has 3 unspecified atom stereocenters. The molecule has 0 bridgehead atoms. The summed E-state index contributed by atoms with van der Waals surface area (Å²) in [7, 11) is 4.00. The van der Waals surface area contributed by atoms with Crippen molar-refractivity contribution in [1.29, 1.82) is 0 Å². The third kappa shape index (κ3) is 3.61. The largest absolute Gasteiger partial charge is 0.451 e. The lowest BCUT2D eigenvalue weighted by atomic mass is 9.50. The molecule has 0 amide bonds. The van der Waals surface area contributed by atoms with E-state index in [0.29, 0.717) is 25.7 Å². The molecular weight excluding hydrogens is 438 g/mol. The maximum absolute atomic E-state index is 13.4. The second-order valence-corrected chi connectivity index (χ2v) is 11.3. The zero-order chi connectivity index (χ0) is 27.6. The van der Waals surface area contributed by atoms with Crippen LogP contribution in [0.1, 0.15) is 81.2 Å². The number of allylic oxidation sites excluding steroid dienone is 4. The van der Waals surface area contributed by atoms with E-state index in [0.717, 1.165) is 36.1 Å². The number of hydrogen-bond acceptors (Lipinski definition) is 5. The van der Waals surface area contributed by atoms with Crippen molar-refractivity contribution in [3.8, 4) is 0 Å². The Bertz CT molecular complexity index is 1240. The molecule has 1 aromatic rings. The Kier molecular flexibility index (Phi) is 4.95. The Morgan fingerprint density at radius 3 is 2.51 bits per heavy atom. The Morgan fingerprint density at radius 2 is 1.86 bits per heavy atom. The van der Waals surface area contributed by atoms with E-state index in [4.69, 9.17) is 8.85 Å². The fourth-order valence-corrected chi connectivity index (χ4v) is 7.93. The van der Waals surface area contributed by atoms with Crippen LogP contribution in [0.5, 0.6) is 0 Å². The molecule has 4 aliphatic carbocycles. The van der Waals surface area contributed by atoms with Gasteiger partial charge in [0.05, 0.1) is 0 Å². The highest BCUT2D eigenvalue weighted by Crippen LogP contribution is 2.67. The average Bonchev–Trinajstić information content (AvgIpc) is 3.15. The fourth-order valence-electron chi connectivity index (χ4n) is 7.93. The first-order valence-corrected chi connectivity index (χ1v) is 12.8. The number of fused-ring (bicyclic) bond motifs is 4. The third-order valence-corrected chi connectivity index (χ3v) is 9.50. The van der Waals surface area contributed by atoms with Crippen molar-refractivity contribution >= 4 is 23.2 Å². The Morgan fingerprint density at radius 1 is 1.11 bits per heavy atom. The lowest BCUT2D eigenvalue weighted by Gasteiger charge is -2.55. The molecule has 0 aliphatic heterocycles. The van der Waals surface area contributed by atoms with Crippen molar-refractivity contribution in [2.75, 3.05) is 19.0 Å². The summed E-state index contributed by atoms with van der Waals surface area (Å²) in [6.07, 6.45) is 6.35. The number of ketones is 2. The van der Waals surface area contributed by atoms with Gasteiger partial charge in [0, 0.05) is 48.5 Å². The molecule has 0 radical (unpaired) electrons. The van der Waals surface area contributed by atoms with Crippen molar-refractivity contribution in [2.24, 2.45) is 17.3 Å². The zero-order valence-electron chi connectivity index (χ0n) is 24.1. The van der Waals surface area contributed by atoms with Crippen LogP contribution in [0.25, 0.3) is 0 Å². The molecule has 0 aromatic heterocycles. The summed E-state index contributed by atoms with van der Waals surface area (Å²) in [6.45, 7) is 0.542. The molecule has 2 fully saturated rings. The third-order valence-electron chi connectivity index (χ3n) is 9.50. The lowest BCUT2D eigenvalue weighted by Crippen LogP contribution is -2.57. The number of anilines is 1. The van der Waals surface area contributed by atoms with Crippen LogP contribution in [-0.4, -0.2) is 37.2 Å². The molecule has 0 saturated heterocycles. The molecule has 5 heteroatoms. The van der Waals surface area contributed by atoms with E-state index in [9.17, 15) is 14.4 Å². The van der Waals surface area contributed by atoms with Gasteiger partial charge in [-0.05, 0) is 92.2 Å². The average molecular weight is 479 g/mol. The van der Waals surface area contributed by atoms with E-state index in [1.165, 1.54) is 18.1 Å². The van der Waals surface area contributed by atoms with Crippen molar-refractivity contribution in [3.63, 3.8) is 0 Å². The first-order chi connectivity index (χ1) is 17.8. The molecule has 5 atom stereocenters. The van der Waals surface area contributed by atoms with Gasteiger partial charge in [0.2, 0.25) is 0 Å². The van der Waals surface area contributed by atoms with Gasteiger partial charge in [-0.3, -0.25) is 14.4 Å². The van der Waals surface area contributed by atoms with Gasteiger partial charge in [-0.1, -0.05) is 24.6 Å². The SMILES string of the molecule is [2H]C([2H])([2H])C(=O)O[C@]1(C(C)=O)CCC2C3CCC4=CC(=O)CCC4=C3C(c3ccc(N(C)C)cc3)C[C@@]21C. The Labute approximate surface area is 212 Å². The predicted octanol–water partition coefficient (Wildman–Crippen LogP) is 5.54. The van der Waals surface area contributed by atoms with Crippen LogP contribution in [0.15, 0.2) is 47.1 Å². The molecule has 4 aliphatic rings. The molecule has 5 rings (SSSR count). The summed E-state index contributed by atoms with van der Waals surface area (Å²) in [6, 6.07) is 8.46. The Balaban J connectivity index is 1.67. The first kappa shape index (κ1) is 20.5. The summed E-state index contributed by atoms with van der Waals surface area (Å²) >= 11 is 0. The van der Waals surface area contributed by atoms with Crippen LogP contribution >= 0.6 is 0 Å². The molecule has 0 spiro atoms. The van der Waals surface area contributed by atoms with Gasteiger partial charge in [0.25, 0.3) is 0 Å². The van der Waals surface area contributed by atoms with Crippen LogP contribution in [0.3, 0.4) is 0 Å². The molecule has 1 aromatic carbocycles. The van der Waals surface area contributed by atoms with Gasteiger partial charge in [-0.2, -0.15) is 0 Å². The van der Waals surface area contributed by atoms with E-state index in [1.54, 1.807) is 0 Å². The highest BCUT2D eigenvalue weighted by atomic mass is 16.6. The lowest BCUT2D eigenvalue weighted by molar-refractivity contribution is -0.182. The van der Waals surface area contributed by atoms with E-state index < -0.39 is 23.8 Å². The molecule has 0 heterocycles. The van der Waals surface area contributed by atoms with Gasteiger partial charge in [0.1, 0.15) is 0 Å². The molecule has 35 heavy (non-hydrogen) atoms. The maximum Gasteiger partial charge on any atom is 0.303 e. The van der Waals surface area contributed by atoms with Crippen LogP contribution in [0, 0.1) is 17.3 Å². The molecule has 0 N–H and O–H groups in total. The number of ether oxygens (including phenoxy) is 1. The number of nitrogens with zero attached hydrogens (tertiary/aromatic N) is 1. The van der Waals surface area contributed by atoms with Crippen LogP contribution in [-0.2, 0) is 19.1 Å². The van der Waals surface area contributed by atoms with Gasteiger partial charge in [-0.15, -0.1) is 0 Å². The quantitative estimate of drug-likeness (QED) is 0.532. The first-order valence-electron chi connectivity index (χ1n) is 14.3. The van der Waals surface area contributed by atoms with Gasteiger partial charge in [0.15, 0.2) is 17.2 Å². The number of rotatable bonds is 4. The van der Waals surface area contributed by atoms with Gasteiger partial charge in [-0.25, -0.2) is 0 Å². The summed E-state index contributed by atoms with van der Waals surface area (Å²) in [4.78, 5) is 40.4. The van der Waals surface area contributed by atoms with Crippen LogP contribution in [0.4, 0.5) is 5.69 Å². The highest BCUT2D eigenvalue weighted by Gasteiger charge is 2.67. The minimum Gasteiger partial charge on any atom is -0.451 e. The maximum atomic E-state index is 13.4. The monoisotopic (exact) mass is 478 g/mol. The van der Waals surface area contributed by atoms with Crippen molar-refractivity contribution in [1.82, 2.24) is 0 Å². The van der Waals surface area contributed by atoms with E-state index >= 15 is 0 Å². The van der Waals surface area contributed by atoms with Crippen LogP contribution < -0.4 is 4.90 Å². The number of esters is 1. The molecular formula is C30H37NO4. The number of benzene rings is 1. The topological polar surface area (TPSA) is 63.7 Å². The summed E-state index contributed by atoms with van der Waals surface area (Å²) in [5, 5.41) is 0. The van der Waals surface area contributed by atoms with E-state index in [2.05, 4.69) is 24.3 Å². The second kappa shape index (κ2) is 8.46. The predicted molar refractivity (Wildman–Crippen MR) is 136 cm³/mol. The van der Waals surface area contributed by atoms with E-state index in [-0.39, 0.29) is 29.3 Å². The summed E-state index contributed by atoms with van der Waals surface area (Å²) in [5.74, 6) is -1.16. The standard InChI is InChI=1S/C30H37NO4/c1-18(32)30(35-19(2)33)15-14-27-25-12-8-21-16-23(34)11-13-24(21)28(25)26(17-29(27,30)3)20-6-9-22(10-7-20)31(4)5/h6-7,9-10,16,25-27H,8,11-15,17H2,1-5H3/t25?,26?,27?,29-,30-/m0/s1/i2D3. The van der Waals surface area contributed by atoms with Gasteiger partial charge < -0.3 is 9.64 Å². The zero-order valence-corrected chi connectivity index (χ0v) is 21.1. The Hall–Kier alpha value is -2.69. The number of carbonyl (C=O) groups excluding carboxylic acids is 3. The smallest absolute Gasteiger partial charge is 0.303 e. The van der Waals surface area contributed by atoms with Crippen molar-refractivity contribution < 1.29 is 23.2 Å². The summed E-state index contributed by atoms with van der Waals surface area (Å²) < 4.78 is 28.7. The number of hydrogen-bond donors (Lipinski definition) is 0. The van der Waals surface area contributed by atoms with Gasteiger partial charge >= 0.3 is 5.97 Å². The minimum absolute atomic E-state index is 0.0207. The fraction of sp³-hybridized carbons (Fsp3) is 0.567. The van der Waals surface area contributed by atoms with Crippen LogP contribution in [0.2, 0.25) is 0 Å². The number of carbonyl (C=O) groups is 3. The van der Waals surface area contributed by atoms with Crippen molar-refractivity contribution in [2.45, 2.75) is 77.2 Å². The normalized spacial score (nSPS) is 35.5.